The van der Waals surface area contributed by atoms with E-state index < -0.39 is 11.6 Å². The lowest BCUT2D eigenvalue weighted by Crippen LogP contribution is -2.23. The number of aryl methyl sites for hydroxylation is 1. The van der Waals surface area contributed by atoms with Crippen molar-refractivity contribution in [1.29, 1.82) is 0 Å². The van der Waals surface area contributed by atoms with E-state index in [-0.39, 0.29) is 12.3 Å². The Hall–Kier alpha value is -4.07. The van der Waals surface area contributed by atoms with Gasteiger partial charge in [0, 0.05) is 31.5 Å². The third kappa shape index (κ3) is 7.43. The summed E-state index contributed by atoms with van der Waals surface area (Å²) in [5.74, 6) is -0.858. The summed E-state index contributed by atoms with van der Waals surface area (Å²) in [5.41, 5.74) is 12.8. The van der Waals surface area contributed by atoms with Gasteiger partial charge in [-0.1, -0.05) is 72.1 Å². The van der Waals surface area contributed by atoms with Crippen LogP contribution in [-0.4, -0.2) is 52.9 Å². The fourth-order valence-corrected chi connectivity index (χ4v) is 6.54. The highest BCUT2D eigenvalue weighted by Gasteiger charge is 2.30. The molecule has 0 unspecified atom stereocenters. The summed E-state index contributed by atoms with van der Waals surface area (Å²) in [4.78, 5) is 26.6. The molecule has 0 aliphatic carbocycles. The summed E-state index contributed by atoms with van der Waals surface area (Å²) < 4.78 is 2.27. The highest BCUT2D eigenvalue weighted by Crippen LogP contribution is 2.50. The van der Waals surface area contributed by atoms with Gasteiger partial charge in [0.2, 0.25) is 0 Å². The largest absolute Gasteiger partial charge is 0.481 e. The van der Waals surface area contributed by atoms with E-state index >= 15 is 0 Å². The fourth-order valence-electron chi connectivity index (χ4n) is 5.86. The van der Waals surface area contributed by atoms with E-state index in [1.807, 2.05) is 24.3 Å². The average Bonchev–Trinajstić information content (AvgIpc) is 2.97. The molecule has 1 amide bonds. The molecule has 6 nitrogen and oxygen atoms in total. The van der Waals surface area contributed by atoms with Gasteiger partial charge < -0.3 is 19.4 Å². The monoisotopic (exact) mass is 624 g/mol. The van der Waals surface area contributed by atoms with E-state index in [1.165, 1.54) is 5.56 Å². The molecule has 1 aliphatic rings. The maximum atomic E-state index is 12.9. The highest BCUT2D eigenvalue weighted by molar-refractivity contribution is 7.99. The van der Waals surface area contributed by atoms with Crippen LogP contribution in [-0.2, 0) is 17.8 Å². The van der Waals surface area contributed by atoms with Gasteiger partial charge in [0.25, 0.3) is 5.91 Å². The van der Waals surface area contributed by atoms with Crippen molar-refractivity contribution < 1.29 is 19.8 Å². The first kappa shape index (κ1) is 33.8. The number of benzene rings is 4. The number of aliphatic carboxylic acids is 1. The van der Waals surface area contributed by atoms with Crippen molar-refractivity contribution in [2.24, 2.45) is 0 Å². The number of hydrogen-bond donors (Lipinski definition) is 2. The SMILES string of the molecule is CC(C)(C)O.CSN1Cc2cc(-c3ccccc3C(=O)N(C)C)ccc2-c2c(C)c(-c3ccc(C)cc3)c(CC(=O)O)c(C)c21. The molecule has 0 bridgehead atoms. The van der Waals surface area contributed by atoms with Gasteiger partial charge in [-0.25, -0.2) is 0 Å². The molecule has 0 saturated carbocycles. The van der Waals surface area contributed by atoms with Crippen LogP contribution in [0.15, 0.2) is 66.7 Å². The normalized spacial score (nSPS) is 12.1. The van der Waals surface area contributed by atoms with Gasteiger partial charge >= 0.3 is 5.97 Å². The maximum absolute atomic E-state index is 12.9. The van der Waals surface area contributed by atoms with Crippen molar-refractivity contribution in [3.8, 4) is 33.4 Å². The lowest BCUT2D eigenvalue weighted by atomic mass is 9.80. The van der Waals surface area contributed by atoms with Crippen LogP contribution in [0.2, 0.25) is 0 Å². The maximum Gasteiger partial charge on any atom is 0.307 e. The van der Waals surface area contributed by atoms with Crippen molar-refractivity contribution in [2.75, 3.05) is 24.7 Å². The first-order valence-corrected chi connectivity index (χ1v) is 16.2. The molecule has 5 rings (SSSR count). The van der Waals surface area contributed by atoms with Crippen LogP contribution in [0.5, 0.6) is 0 Å². The summed E-state index contributed by atoms with van der Waals surface area (Å²) in [6, 6.07) is 22.6. The average molecular weight is 625 g/mol. The van der Waals surface area contributed by atoms with Crippen molar-refractivity contribution in [1.82, 2.24) is 4.90 Å². The number of rotatable bonds is 6. The lowest BCUT2D eigenvalue weighted by Gasteiger charge is -2.36. The number of carboxylic acids is 1. The molecule has 0 saturated heterocycles. The minimum absolute atomic E-state index is 0.0235. The smallest absolute Gasteiger partial charge is 0.307 e. The third-order valence-corrected chi connectivity index (χ3v) is 8.55. The van der Waals surface area contributed by atoms with E-state index in [4.69, 9.17) is 5.11 Å². The molecule has 45 heavy (non-hydrogen) atoms. The summed E-state index contributed by atoms with van der Waals surface area (Å²) in [6.07, 6.45) is 2.02. The van der Waals surface area contributed by atoms with Crippen LogP contribution in [0.1, 0.15) is 58.9 Å². The molecule has 4 aromatic rings. The summed E-state index contributed by atoms with van der Waals surface area (Å²) in [5, 5.41) is 18.4. The first-order valence-electron chi connectivity index (χ1n) is 15.1. The Labute approximate surface area is 271 Å². The Morgan fingerprint density at radius 2 is 1.47 bits per heavy atom. The number of fused-ring (bicyclic) bond motifs is 3. The molecule has 2 N–H and O–H groups in total. The van der Waals surface area contributed by atoms with E-state index in [9.17, 15) is 14.7 Å². The second-order valence-electron chi connectivity index (χ2n) is 12.8. The topological polar surface area (TPSA) is 81.1 Å². The van der Waals surface area contributed by atoms with E-state index in [0.29, 0.717) is 12.1 Å². The number of anilines is 1. The van der Waals surface area contributed by atoms with Crippen molar-refractivity contribution in [3.63, 3.8) is 0 Å². The van der Waals surface area contributed by atoms with E-state index in [0.717, 1.165) is 61.3 Å². The Balaban J connectivity index is 0.000000854. The predicted octanol–water partition coefficient (Wildman–Crippen LogP) is 8.32. The van der Waals surface area contributed by atoms with Crippen LogP contribution in [0.4, 0.5) is 5.69 Å². The summed E-state index contributed by atoms with van der Waals surface area (Å²) in [7, 11) is 3.54. The number of amides is 1. The number of carbonyl (C=O) groups is 2. The van der Waals surface area contributed by atoms with Gasteiger partial charge in [-0.3, -0.25) is 9.59 Å². The Morgan fingerprint density at radius 3 is 2.04 bits per heavy atom. The molecule has 236 valence electrons. The third-order valence-electron chi connectivity index (χ3n) is 7.80. The van der Waals surface area contributed by atoms with Crippen molar-refractivity contribution >= 4 is 29.5 Å². The van der Waals surface area contributed by atoms with Gasteiger partial charge in [-0.2, -0.15) is 0 Å². The molecule has 4 aromatic carbocycles. The van der Waals surface area contributed by atoms with Gasteiger partial charge in [0.05, 0.1) is 24.3 Å². The van der Waals surface area contributed by atoms with Gasteiger partial charge in [-0.05, 0) is 104 Å². The molecule has 1 heterocycles. The summed E-state index contributed by atoms with van der Waals surface area (Å²) in [6.45, 7) is 12.1. The quantitative estimate of drug-likeness (QED) is 0.210. The first-order chi connectivity index (χ1) is 21.1. The van der Waals surface area contributed by atoms with Crippen LogP contribution >= 0.6 is 11.9 Å². The fraction of sp³-hybridized carbons (Fsp3) is 0.316. The van der Waals surface area contributed by atoms with E-state index in [1.54, 1.807) is 51.7 Å². The van der Waals surface area contributed by atoms with Crippen LogP contribution in [0.25, 0.3) is 33.4 Å². The predicted molar refractivity (Wildman–Crippen MR) is 188 cm³/mol. The van der Waals surface area contributed by atoms with Gasteiger partial charge in [0.1, 0.15) is 0 Å². The van der Waals surface area contributed by atoms with Crippen LogP contribution < -0.4 is 4.31 Å². The van der Waals surface area contributed by atoms with Gasteiger partial charge in [0.15, 0.2) is 0 Å². The van der Waals surface area contributed by atoms with Gasteiger partial charge in [-0.15, -0.1) is 0 Å². The number of carboxylic acid groups (broad SMARTS) is 1. The zero-order valence-electron chi connectivity index (χ0n) is 27.8. The molecular weight excluding hydrogens is 580 g/mol. The molecule has 0 fully saturated rings. The minimum Gasteiger partial charge on any atom is -0.481 e. The Morgan fingerprint density at radius 1 is 0.867 bits per heavy atom. The Kier molecular flexibility index (Phi) is 10.2. The molecular formula is C38H44N2O4S. The highest BCUT2D eigenvalue weighted by atomic mass is 32.2. The number of nitrogens with zero attached hydrogens (tertiary/aromatic N) is 2. The second kappa shape index (κ2) is 13.5. The zero-order chi connectivity index (χ0) is 33.2. The number of aliphatic hydroxyl groups is 1. The lowest BCUT2D eigenvalue weighted by molar-refractivity contribution is -0.136. The van der Waals surface area contributed by atoms with Crippen LogP contribution in [0.3, 0.4) is 0 Å². The molecule has 7 heteroatoms. The molecule has 0 spiro atoms. The molecule has 0 radical (unpaired) electrons. The van der Waals surface area contributed by atoms with Crippen molar-refractivity contribution in [2.45, 2.75) is 60.1 Å². The molecule has 0 aromatic heterocycles. The zero-order valence-corrected chi connectivity index (χ0v) is 28.6. The molecule has 0 atom stereocenters. The second-order valence-corrected chi connectivity index (χ2v) is 13.6. The number of hydrogen-bond acceptors (Lipinski definition) is 5. The van der Waals surface area contributed by atoms with Crippen molar-refractivity contribution in [3.05, 3.63) is 100 Å². The van der Waals surface area contributed by atoms with E-state index in [2.05, 4.69) is 73.8 Å². The molecule has 1 aliphatic heterocycles. The standard InChI is InChI=1S/C34H34N2O3S.C4H10O/c1-20-11-13-23(14-12-20)31-22(3)32-27-16-15-24(26-9-7-8-10-28(26)34(39)35(4)5)17-25(27)19-36(40-6)33(32)21(2)29(31)18-30(37)38;1-4(2,3)5/h7-17H,18-19H2,1-6H3,(H,37,38);5H,1-3H3. The summed E-state index contributed by atoms with van der Waals surface area (Å²) >= 11 is 1.64. The van der Waals surface area contributed by atoms with Crippen LogP contribution in [0, 0.1) is 20.8 Å². The number of carbonyl (C=O) groups excluding carboxylic acids is 1. The Bertz CT molecular complexity index is 1730. The minimum atomic E-state index is -0.835.